The van der Waals surface area contributed by atoms with Crippen molar-refractivity contribution in [1.29, 1.82) is 0 Å². The number of halogens is 9. The Bertz CT molecular complexity index is 1190. The molecule has 2 N–H and O–H groups in total. The highest BCUT2D eigenvalue weighted by Crippen LogP contribution is 2.38. The number of aliphatic hydroxyl groups excluding tert-OH is 1. The van der Waals surface area contributed by atoms with Crippen molar-refractivity contribution in [3.05, 3.63) is 101 Å². The van der Waals surface area contributed by atoms with Crippen LogP contribution in [0.5, 0.6) is 5.75 Å². The highest BCUT2D eigenvalue weighted by atomic mass is 19.4. The van der Waals surface area contributed by atoms with E-state index >= 15 is 0 Å². The van der Waals surface area contributed by atoms with Crippen molar-refractivity contribution in [1.82, 2.24) is 5.32 Å². The Morgan fingerprint density at radius 3 is 2.00 bits per heavy atom. The highest BCUT2D eigenvalue weighted by Gasteiger charge is 2.45. The molecular weight excluding hydrogens is 529 g/mol. The largest absolute Gasteiger partial charge is 0.461 e. The normalized spacial score (nSPS) is 14.8. The average Bonchev–Trinajstić information content (AvgIpc) is 2.81. The standard InChI is InChI=1S/C26H22F9NO2/c27-19-8-6-17(7-9-19)24(13-16-4-2-1-3-5-16,36-15-21(37)14-25(31,32)33)18-10-20(28)12-22(11-18)38-26(34,35)23(29)30/h1-12,21,23,36-37H,13-15H2/t21-,24-/m1/s1. The van der Waals surface area contributed by atoms with Gasteiger partial charge in [-0.05, 0) is 47.4 Å². The van der Waals surface area contributed by atoms with Gasteiger partial charge in [-0.2, -0.15) is 30.7 Å². The number of rotatable bonds is 11. The molecule has 0 amide bonds. The predicted molar refractivity (Wildman–Crippen MR) is 120 cm³/mol. The van der Waals surface area contributed by atoms with Gasteiger partial charge in [0.1, 0.15) is 17.4 Å². The maximum Gasteiger partial charge on any atom is 0.461 e. The van der Waals surface area contributed by atoms with Gasteiger partial charge in [0.2, 0.25) is 0 Å². The lowest BCUT2D eigenvalue weighted by molar-refractivity contribution is -0.253. The summed E-state index contributed by atoms with van der Waals surface area (Å²) in [5, 5.41) is 12.8. The summed E-state index contributed by atoms with van der Waals surface area (Å²) in [6, 6.07) is 14.8. The Hall–Kier alpha value is -3.25. The van der Waals surface area contributed by atoms with Crippen molar-refractivity contribution >= 4 is 0 Å². The van der Waals surface area contributed by atoms with Gasteiger partial charge in [0.15, 0.2) is 0 Å². The molecule has 0 spiro atoms. The van der Waals surface area contributed by atoms with E-state index in [2.05, 4.69) is 10.1 Å². The minimum Gasteiger partial charge on any atom is -0.428 e. The molecule has 0 bridgehead atoms. The maximum absolute atomic E-state index is 14.7. The summed E-state index contributed by atoms with van der Waals surface area (Å²) >= 11 is 0. The van der Waals surface area contributed by atoms with Crippen LogP contribution in [0.2, 0.25) is 0 Å². The van der Waals surface area contributed by atoms with Gasteiger partial charge in [-0.1, -0.05) is 42.5 Å². The number of nitrogens with one attached hydrogen (secondary N) is 1. The van der Waals surface area contributed by atoms with Crippen LogP contribution in [0.25, 0.3) is 0 Å². The fraction of sp³-hybridized carbons (Fsp3) is 0.308. The van der Waals surface area contributed by atoms with Crippen molar-refractivity contribution in [2.75, 3.05) is 6.54 Å². The third-order valence-corrected chi connectivity index (χ3v) is 5.63. The summed E-state index contributed by atoms with van der Waals surface area (Å²) in [5.74, 6) is -2.85. The summed E-state index contributed by atoms with van der Waals surface area (Å²) in [6.07, 6.45) is -17.7. The van der Waals surface area contributed by atoms with Gasteiger partial charge in [-0.25, -0.2) is 8.78 Å². The summed E-state index contributed by atoms with van der Waals surface area (Å²) in [7, 11) is 0. The molecule has 0 aliphatic heterocycles. The average molecular weight is 551 g/mol. The van der Waals surface area contributed by atoms with Gasteiger partial charge >= 0.3 is 18.7 Å². The fourth-order valence-corrected chi connectivity index (χ4v) is 3.97. The van der Waals surface area contributed by atoms with Crippen LogP contribution >= 0.6 is 0 Å². The molecule has 0 fully saturated rings. The number of hydrogen-bond donors (Lipinski definition) is 2. The van der Waals surface area contributed by atoms with Crippen LogP contribution in [0.15, 0.2) is 72.8 Å². The zero-order valence-electron chi connectivity index (χ0n) is 19.5. The quantitative estimate of drug-likeness (QED) is 0.264. The van der Waals surface area contributed by atoms with Crippen molar-refractivity contribution in [2.45, 2.75) is 43.2 Å². The van der Waals surface area contributed by atoms with Gasteiger partial charge in [-0.3, -0.25) is 0 Å². The topological polar surface area (TPSA) is 41.5 Å². The number of alkyl halides is 7. The molecule has 0 heterocycles. The molecule has 0 aliphatic rings. The molecule has 3 aromatic carbocycles. The lowest BCUT2D eigenvalue weighted by Gasteiger charge is -2.38. The molecule has 38 heavy (non-hydrogen) atoms. The Morgan fingerprint density at radius 2 is 1.42 bits per heavy atom. The summed E-state index contributed by atoms with van der Waals surface area (Å²) in [4.78, 5) is 0. The fourth-order valence-electron chi connectivity index (χ4n) is 3.97. The number of hydrogen-bond acceptors (Lipinski definition) is 3. The third kappa shape index (κ3) is 7.64. The van der Waals surface area contributed by atoms with E-state index in [9.17, 15) is 44.6 Å². The van der Waals surface area contributed by atoms with Crippen molar-refractivity contribution in [2.24, 2.45) is 0 Å². The Balaban J connectivity index is 2.19. The Kier molecular flexibility index (Phi) is 8.98. The van der Waals surface area contributed by atoms with E-state index in [1.165, 1.54) is 12.1 Å². The van der Waals surface area contributed by atoms with Crippen LogP contribution in [-0.4, -0.2) is 36.5 Å². The molecule has 3 rings (SSSR count). The van der Waals surface area contributed by atoms with E-state index in [4.69, 9.17) is 0 Å². The second-order valence-electron chi connectivity index (χ2n) is 8.57. The first-order valence-electron chi connectivity index (χ1n) is 11.2. The van der Waals surface area contributed by atoms with Crippen molar-refractivity contribution < 1.29 is 49.4 Å². The van der Waals surface area contributed by atoms with Crippen LogP contribution in [0.4, 0.5) is 39.5 Å². The lowest BCUT2D eigenvalue weighted by Crippen LogP contribution is -2.49. The van der Waals surface area contributed by atoms with Crippen molar-refractivity contribution in [3.63, 3.8) is 0 Å². The molecular formula is C26H22F9NO2. The minimum atomic E-state index is -4.97. The summed E-state index contributed by atoms with van der Waals surface area (Å²) in [5.41, 5.74) is -1.30. The molecule has 0 saturated heterocycles. The second kappa shape index (κ2) is 11.6. The van der Waals surface area contributed by atoms with Crippen LogP contribution in [0, 0.1) is 11.6 Å². The van der Waals surface area contributed by atoms with Crippen LogP contribution < -0.4 is 10.1 Å². The molecule has 0 radical (unpaired) electrons. The first-order chi connectivity index (χ1) is 17.7. The van der Waals surface area contributed by atoms with Gasteiger partial charge in [0.05, 0.1) is 18.1 Å². The molecule has 0 aromatic heterocycles. The van der Waals surface area contributed by atoms with Crippen molar-refractivity contribution in [3.8, 4) is 5.75 Å². The first-order valence-corrected chi connectivity index (χ1v) is 11.2. The van der Waals surface area contributed by atoms with E-state index < -0.39 is 60.7 Å². The molecule has 3 nitrogen and oxygen atoms in total. The lowest BCUT2D eigenvalue weighted by atomic mass is 9.77. The number of benzene rings is 3. The smallest absolute Gasteiger partial charge is 0.428 e. The van der Waals surface area contributed by atoms with Gasteiger partial charge in [0.25, 0.3) is 0 Å². The van der Waals surface area contributed by atoms with E-state index in [0.29, 0.717) is 11.6 Å². The Morgan fingerprint density at radius 1 is 0.789 bits per heavy atom. The van der Waals surface area contributed by atoms with Crippen LogP contribution in [-0.2, 0) is 12.0 Å². The number of ether oxygens (including phenoxy) is 1. The van der Waals surface area contributed by atoms with E-state index in [0.717, 1.165) is 24.3 Å². The number of aliphatic hydroxyl groups is 1. The molecule has 0 saturated carbocycles. The molecule has 12 heteroatoms. The summed E-state index contributed by atoms with van der Waals surface area (Å²) < 4.78 is 124. The predicted octanol–water partition coefficient (Wildman–Crippen LogP) is 6.59. The van der Waals surface area contributed by atoms with E-state index in [-0.39, 0.29) is 17.5 Å². The zero-order valence-corrected chi connectivity index (χ0v) is 19.5. The van der Waals surface area contributed by atoms with Crippen LogP contribution in [0.3, 0.4) is 0 Å². The van der Waals surface area contributed by atoms with Gasteiger partial charge < -0.3 is 15.2 Å². The SMILES string of the molecule is O[C@@H](CN[C@](Cc1ccccc1)(c1ccc(F)cc1)c1cc(F)cc(OC(F)(F)C(F)F)c1)CC(F)(F)F. The third-order valence-electron chi connectivity index (χ3n) is 5.63. The first kappa shape index (κ1) is 29.3. The van der Waals surface area contributed by atoms with Gasteiger partial charge in [0, 0.05) is 12.6 Å². The van der Waals surface area contributed by atoms with Crippen LogP contribution in [0.1, 0.15) is 23.1 Å². The Labute approximate surface area is 211 Å². The monoisotopic (exact) mass is 551 g/mol. The van der Waals surface area contributed by atoms with Gasteiger partial charge in [-0.15, -0.1) is 0 Å². The zero-order chi connectivity index (χ0) is 28.1. The molecule has 0 unspecified atom stereocenters. The molecule has 0 aliphatic carbocycles. The van der Waals surface area contributed by atoms with E-state index in [1.807, 2.05) is 0 Å². The maximum atomic E-state index is 14.7. The molecule has 206 valence electrons. The molecule has 2 atom stereocenters. The minimum absolute atomic E-state index is 0.152. The highest BCUT2D eigenvalue weighted by molar-refractivity contribution is 5.44. The molecule has 3 aromatic rings. The van der Waals surface area contributed by atoms with E-state index in [1.54, 1.807) is 30.3 Å². The second-order valence-corrected chi connectivity index (χ2v) is 8.57. The summed E-state index contributed by atoms with van der Waals surface area (Å²) in [6.45, 7) is -0.719.